The van der Waals surface area contributed by atoms with Crippen molar-refractivity contribution in [1.29, 1.82) is 0 Å². The van der Waals surface area contributed by atoms with Crippen LogP contribution in [0.4, 0.5) is 0 Å². The van der Waals surface area contributed by atoms with Gasteiger partial charge in [0, 0.05) is 5.56 Å². The molecule has 0 aromatic heterocycles. The van der Waals surface area contributed by atoms with Gasteiger partial charge in [0.25, 0.3) is 0 Å². The topological polar surface area (TPSA) is 43.4 Å². The summed E-state index contributed by atoms with van der Waals surface area (Å²) in [6.07, 6.45) is 1.28. The molecule has 0 fully saturated rings. The summed E-state index contributed by atoms with van der Waals surface area (Å²) in [4.78, 5) is 24.3. The zero-order chi connectivity index (χ0) is 12.5. The normalized spacial score (nSPS) is 23.1. The van der Waals surface area contributed by atoms with Gasteiger partial charge in [-0.15, -0.1) is 0 Å². The first-order valence-electron chi connectivity index (χ1n) is 5.89. The van der Waals surface area contributed by atoms with E-state index in [1.165, 1.54) is 0 Å². The summed E-state index contributed by atoms with van der Waals surface area (Å²) in [6, 6.07) is 7.47. The summed E-state index contributed by atoms with van der Waals surface area (Å²) in [5.74, 6) is -0.516. The van der Waals surface area contributed by atoms with Crippen molar-refractivity contribution in [1.82, 2.24) is 0 Å². The third kappa shape index (κ3) is 1.86. The van der Waals surface area contributed by atoms with Crippen LogP contribution >= 0.6 is 0 Å². The molecular formula is C14H16O3. The number of benzene rings is 1. The Hall–Kier alpha value is -1.64. The molecule has 0 saturated heterocycles. The molecule has 17 heavy (non-hydrogen) atoms. The maximum atomic E-state index is 12.4. The van der Waals surface area contributed by atoms with Crippen molar-refractivity contribution in [2.75, 3.05) is 6.61 Å². The van der Waals surface area contributed by atoms with Crippen molar-refractivity contribution < 1.29 is 14.3 Å². The minimum absolute atomic E-state index is 0.113. The Balaban J connectivity index is 2.37. The first kappa shape index (κ1) is 11.8. The maximum Gasteiger partial charge on any atom is 0.319 e. The Kier molecular flexibility index (Phi) is 3.01. The minimum atomic E-state index is -1.01. The van der Waals surface area contributed by atoms with Crippen molar-refractivity contribution in [3.63, 3.8) is 0 Å². The highest BCUT2D eigenvalue weighted by molar-refractivity contribution is 6.13. The number of ketones is 1. The SMILES string of the molecule is CCOC(=O)[C@]1(C)CCc2ccccc2C1=O. The summed E-state index contributed by atoms with van der Waals surface area (Å²) >= 11 is 0. The van der Waals surface area contributed by atoms with Crippen molar-refractivity contribution >= 4 is 11.8 Å². The fourth-order valence-corrected chi connectivity index (χ4v) is 2.24. The van der Waals surface area contributed by atoms with Gasteiger partial charge >= 0.3 is 5.97 Å². The quantitative estimate of drug-likeness (QED) is 0.581. The molecule has 1 aliphatic carbocycles. The van der Waals surface area contributed by atoms with Crippen LogP contribution in [0.2, 0.25) is 0 Å². The number of esters is 1. The zero-order valence-electron chi connectivity index (χ0n) is 10.2. The zero-order valence-corrected chi connectivity index (χ0v) is 10.2. The highest BCUT2D eigenvalue weighted by Crippen LogP contribution is 2.36. The summed E-state index contributed by atoms with van der Waals surface area (Å²) in [5.41, 5.74) is 0.679. The fourth-order valence-electron chi connectivity index (χ4n) is 2.24. The van der Waals surface area contributed by atoms with Crippen LogP contribution in [0.25, 0.3) is 0 Å². The smallest absolute Gasteiger partial charge is 0.319 e. The average Bonchev–Trinajstić information content (AvgIpc) is 2.35. The van der Waals surface area contributed by atoms with Crippen LogP contribution in [0, 0.1) is 5.41 Å². The number of fused-ring (bicyclic) bond motifs is 1. The van der Waals surface area contributed by atoms with Crippen LogP contribution in [0.5, 0.6) is 0 Å². The predicted octanol–water partition coefficient (Wildman–Crippen LogP) is 2.38. The molecule has 90 valence electrons. The van der Waals surface area contributed by atoms with Crippen LogP contribution in [-0.4, -0.2) is 18.4 Å². The van der Waals surface area contributed by atoms with Gasteiger partial charge in [-0.3, -0.25) is 9.59 Å². The number of hydrogen-bond acceptors (Lipinski definition) is 3. The van der Waals surface area contributed by atoms with Gasteiger partial charge in [0.15, 0.2) is 5.78 Å². The lowest BCUT2D eigenvalue weighted by Gasteiger charge is -2.30. The maximum absolute atomic E-state index is 12.4. The molecule has 3 heteroatoms. The molecule has 2 rings (SSSR count). The second-order valence-corrected chi connectivity index (χ2v) is 4.54. The molecule has 3 nitrogen and oxygen atoms in total. The van der Waals surface area contributed by atoms with Crippen molar-refractivity contribution in [2.45, 2.75) is 26.7 Å². The largest absolute Gasteiger partial charge is 0.465 e. The molecule has 0 aliphatic heterocycles. The first-order chi connectivity index (χ1) is 8.09. The lowest BCUT2D eigenvalue weighted by atomic mass is 9.72. The van der Waals surface area contributed by atoms with Crippen LogP contribution < -0.4 is 0 Å². The number of ether oxygens (including phenoxy) is 1. The summed E-state index contributed by atoms with van der Waals surface area (Å²) in [5, 5.41) is 0. The standard InChI is InChI=1S/C14H16O3/c1-3-17-13(16)14(2)9-8-10-6-4-5-7-11(10)12(14)15/h4-7H,3,8-9H2,1-2H3/t14-/m1/s1. The summed E-state index contributed by atoms with van der Waals surface area (Å²) in [6.45, 7) is 3.75. The molecule has 1 aromatic carbocycles. The molecule has 0 saturated carbocycles. The lowest BCUT2D eigenvalue weighted by Crippen LogP contribution is -2.41. The van der Waals surface area contributed by atoms with Gasteiger partial charge in [-0.2, -0.15) is 0 Å². The van der Waals surface area contributed by atoms with Gasteiger partial charge in [0.1, 0.15) is 5.41 Å². The van der Waals surface area contributed by atoms with Gasteiger partial charge < -0.3 is 4.74 Å². The molecule has 0 radical (unpaired) electrons. The molecule has 0 N–H and O–H groups in total. The van der Waals surface area contributed by atoms with Crippen LogP contribution in [-0.2, 0) is 16.0 Å². The van der Waals surface area contributed by atoms with E-state index < -0.39 is 11.4 Å². The van der Waals surface area contributed by atoms with Gasteiger partial charge in [-0.25, -0.2) is 0 Å². The number of rotatable bonds is 2. The number of carbonyl (C=O) groups excluding carboxylic acids is 2. The Labute approximate surface area is 101 Å². The van der Waals surface area contributed by atoms with Crippen LogP contribution in [0.15, 0.2) is 24.3 Å². The van der Waals surface area contributed by atoms with E-state index in [-0.39, 0.29) is 5.78 Å². The number of carbonyl (C=O) groups is 2. The second kappa shape index (κ2) is 4.32. The molecule has 0 amide bonds. The number of hydrogen-bond donors (Lipinski definition) is 0. The molecule has 0 bridgehead atoms. The molecule has 1 aliphatic rings. The monoisotopic (exact) mass is 232 g/mol. The second-order valence-electron chi connectivity index (χ2n) is 4.54. The Morgan fingerprint density at radius 3 is 2.82 bits per heavy atom. The van der Waals surface area contributed by atoms with Gasteiger partial charge in [0.05, 0.1) is 6.61 Å². The van der Waals surface area contributed by atoms with Gasteiger partial charge in [-0.05, 0) is 32.3 Å². The van der Waals surface area contributed by atoms with E-state index in [4.69, 9.17) is 4.74 Å². The number of Topliss-reactive ketones (excluding diaryl/α,β-unsaturated/α-hetero) is 1. The highest BCUT2D eigenvalue weighted by Gasteiger charge is 2.45. The molecule has 1 atom stereocenters. The van der Waals surface area contributed by atoms with Crippen LogP contribution in [0.3, 0.4) is 0 Å². The van der Waals surface area contributed by atoms with E-state index in [1.807, 2.05) is 18.2 Å². The Morgan fingerprint density at radius 1 is 1.41 bits per heavy atom. The fraction of sp³-hybridized carbons (Fsp3) is 0.429. The lowest BCUT2D eigenvalue weighted by molar-refractivity contribution is -0.151. The van der Waals surface area contributed by atoms with Gasteiger partial charge in [-0.1, -0.05) is 24.3 Å². The summed E-state index contributed by atoms with van der Waals surface area (Å²) in [7, 11) is 0. The molecule has 0 heterocycles. The predicted molar refractivity (Wildman–Crippen MR) is 63.8 cm³/mol. The molecular weight excluding hydrogens is 216 g/mol. The highest BCUT2D eigenvalue weighted by atomic mass is 16.5. The van der Waals surface area contributed by atoms with E-state index in [9.17, 15) is 9.59 Å². The third-order valence-corrected chi connectivity index (χ3v) is 3.38. The number of aryl methyl sites for hydroxylation is 1. The van der Waals surface area contributed by atoms with E-state index in [2.05, 4.69) is 0 Å². The Morgan fingerprint density at radius 2 is 2.12 bits per heavy atom. The van der Waals surface area contributed by atoms with Crippen molar-refractivity contribution in [2.24, 2.45) is 5.41 Å². The summed E-state index contributed by atoms with van der Waals surface area (Å²) < 4.78 is 5.01. The van der Waals surface area contributed by atoms with E-state index in [0.29, 0.717) is 18.6 Å². The van der Waals surface area contributed by atoms with E-state index in [1.54, 1.807) is 19.9 Å². The van der Waals surface area contributed by atoms with Crippen molar-refractivity contribution in [3.8, 4) is 0 Å². The first-order valence-corrected chi connectivity index (χ1v) is 5.89. The molecule has 0 unspecified atom stereocenters. The third-order valence-electron chi connectivity index (χ3n) is 3.38. The minimum Gasteiger partial charge on any atom is -0.465 e. The van der Waals surface area contributed by atoms with E-state index >= 15 is 0 Å². The van der Waals surface area contributed by atoms with E-state index in [0.717, 1.165) is 12.0 Å². The van der Waals surface area contributed by atoms with Gasteiger partial charge in [0.2, 0.25) is 0 Å². The van der Waals surface area contributed by atoms with Crippen molar-refractivity contribution in [3.05, 3.63) is 35.4 Å². The molecule has 0 spiro atoms. The molecule has 1 aromatic rings. The Bertz CT molecular complexity index is 464. The average molecular weight is 232 g/mol. The van der Waals surface area contributed by atoms with Crippen LogP contribution in [0.1, 0.15) is 36.2 Å².